The van der Waals surface area contributed by atoms with Gasteiger partial charge >= 0.3 is 0 Å². The minimum atomic E-state index is 0.601. The molecular weight excluding hydrogens is 306 g/mol. The van der Waals surface area contributed by atoms with Crippen molar-refractivity contribution in [3.63, 3.8) is 0 Å². The highest BCUT2D eigenvalue weighted by molar-refractivity contribution is 9.10. The summed E-state index contributed by atoms with van der Waals surface area (Å²) >= 11 is 3.45. The van der Waals surface area contributed by atoms with Crippen LogP contribution < -0.4 is 11.1 Å². The lowest BCUT2D eigenvalue weighted by Crippen LogP contribution is -2.01. The average Bonchev–Trinajstić information content (AvgIpc) is 2.83. The second kappa shape index (κ2) is 4.89. The Labute approximate surface area is 118 Å². The Balaban J connectivity index is 1.78. The predicted octanol–water partition coefficient (Wildman–Crippen LogP) is 2.69. The minimum Gasteiger partial charge on any atom is -0.399 e. The molecule has 0 amide bonds. The van der Waals surface area contributed by atoms with Gasteiger partial charge in [0, 0.05) is 18.4 Å². The third-order valence-corrected chi connectivity index (χ3v) is 3.36. The highest BCUT2D eigenvalue weighted by Crippen LogP contribution is 2.17. The van der Waals surface area contributed by atoms with Gasteiger partial charge < -0.3 is 11.1 Å². The van der Waals surface area contributed by atoms with Gasteiger partial charge in [-0.3, -0.25) is 0 Å². The molecule has 0 aliphatic heterocycles. The second-order valence-corrected chi connectivity index (χ2v) is 5.01. The summed E-state index contributed by atoms with van der Waals surface area (Å²) in [5.74, 6) is 0.601. The highest BCUT2D eigenvalue weighted by Gasteiger charge is 2.05. The molecule has 2 heterocycles. The zero-order valence-corrected chi connectivity index (χ0v) is 11.6. The van der Waals surface area contributed by atoms with Gasteiger partial charge in [-0.2, -0.15) is 4.98 Å². The number of benzene rings is 1. The summed E-state index contributed by atoms with van der Waals surface area (Å²) in [6.07, 6.45) is 1.86. The number of nitrogens with two attached hydrogens (primary N) is 1. The van der Waals surface area contributed by atoms with Crippen molar-refractivity contribution in [3.05, 3.63) is 52.6 Å². The Hall–Kier alpha value is -2.08. The largest absolute Gasteiger partial charge is 0.399 e. The van der Waals surface area contributed by atoms with Gasteiger partial charge in [-0.15, -0.1) is 5.10 Å². The molecule has 19 heavy (non-hydrogen) atoms. The summed E-state index contributed by atoms with van der Waals surface area (Å²) in [7, 11) is 0. The van der Waals surface area contributed by atoms with Crippen LogP contribution in [0, 0.1) is 0 Å². The molecule has 0 saturated carbocycles. The molecule has 3 rings (SSSR count). The average molecular weight is 318 g/mol. The Bertz CT molecular complexity index is 705. The summed E-state index contributed by atoms with van der Waals surface area (Å²) in [5.41, 5.74) is 8.34. The van der Waals surface area contributed by atoms with E-state index in [0.29, 0.717) is 12.5 Å². The van der Waals surface area contributed by atoms with E-state index in [1.807, 2.05) is 42.6 Å². The third kappa shape index (κ3) is 2.53. The van der Waals surface area contributed by atoms with Crippen LogP contribution in [0.25, 0.3) is 5.65 Å². The van der Waals surface area contributed by atoms with Crippen LogP contribution in [0.4, 0.5) is 11.6 Å². The second-order valence-electron chi connectivity index (χ2n) is 4.15. The van der Waals surface area contributed by atoms with Crippen LogP contribution in [0.1, 0.15) is 5.56 Å². The SMILES string of the molecule is Nc1ccc(CNc2nc3c(Br)cccn3n2)cc1. The monoisotopic (exact) mass is 317 g/mol. The summed E-state index contributed by atoms with van der Waals surface area (Å²) in [6.45, 7) is 0.661. The number of rotatable bonds is 3. The molecule has 0 aliphatic rings. The number of pyridine rings is 1. The number of nitrogens with one attached hydrogen (secondary N) is 1. The molecular formula is C13H12BrN5. The first-order valence-corrected chi connectivity index (χ1v) is 6.61. The smallest absolute Gasteiger partial charge is 0.243 e. The number of halogens is 1. The van der Waals surface area contributed by atoms with Gasteiger partial charge in [0.05, 0.1) is 4.47 Å². The molecule has 0 fully saturated rings. The van der Waals surface area contributed by atoms with Crippen molar-refractivity contribution in [2.75, 3.05) is 11.1 Å². The molecule has 0 saturated heterocycles. The van der Waals surface area contributed by atoms with E-state index in [4.69, 9.17) is 5.73 Å². The van der Waals surface area contributed by atoms with E-state index in [9.17, 15) is 0 Å². The van der Waals surface area contributed by atoms with Crippen LogP contribution in [0.3, 0.4) is 0 Å². The van der Waals surface area contributed by atoms with Crippen LogP contribution >= 0.6 is 15.9 Å². The van der Waals surface area contributed by atoms with Gasteiger partial charge in [-0.25, -0.2) is 4.52 Å². The fourth-order valence-electron chi connectivity index (χ4n) is 1.77. The van der Waals surface area contributed by atoms with Crippen molar-refractivity contribution < 1.29 is 0 Å². The van der Waals surface area contributed by atoms with Crippen molar-refractivity contribution >= 4 is 33.2 Å². The van der Waals surface area contributed by atoms with Gasteiger partial charge in [0.1, 0.15) is 0 Å². The van der Waals surface area contributed by atoms with E-state index in [1.54, 1.807) is 4.52 Å². The summed E-state index contributed by atoms with van der Waals surface area (Å²) < 4.78 is 2.65. The zero-order valence-electron chi connectivity index (χ0n) is 10.0. The van der Waals surface area contributed by atoms with E-state index in [-0.39, 0.29) is 0 Å². The molecule has 2 aromatic heterocycles. The lowest BCUT2D eigenvalue weighted by molar-refractivity contribution is 0.948. The minimum absolute atomic E-state index is 0.601. The first-order chi connectivity index (χ1) is 9.22. The predicted molar refractivity (Wildman–Crippen MR) is 78.9 cm³/mol. The van der Waals surface area contributed by atoms with Crippen LogP contribution in [0.5, 0.6) is 0 Å². The van der Waals surface area contributed by atoms with Crippen LogP contribution in [0.15, 0.2) is 47.1 Å². The summed E-state index contributed by atoms with van der Waals surface area (Å²) in [4.78, 5) is 4.41. The maximum atomic E-state index is 5.65. The third-order valence-electron chi connectivity index (χ3n) is 2.75. The van der Waals surface area contributed by atoms with Crippen molar-refractivity contribution in [1.29, 1.82) is 0 Å². The number of aromatic nitrogens is 3. The van der Waals surface area contributed by atoms with E-state index < -0.39 is 0 Å². The lowest BCUT2D eigenvalue weighted by Gasteiger charge is -2.02. The number of hydrogen-bond donors (Lipinski definition) is 2. The molecule has 0 bridgehead atoms. The van der Waals surface area contributed by atoms with E-state index >= 15 is 0 Å². The van der Waals surface area contributed by atoms with Gasteiger partial charge in [0.25, 0.3) is 0 Å². The van der Waals surface area contributed by atoms with Gasteiger partial charge in [-0.1, -0.05) is 12.1 Å². The molecule has 3 aromatic rings. The first kappa shape index (κ1) is 12.0. The Morgan fingerprint density at radius 2 is 2.00 bits per heavy atom. The number of nitrogens with zero attached hydrogens (tertiary/aromatic N) is 3. The molecule has 0 spiro atoms. The fraction of sp³-hybridized carbons (Fsp3) is 0.0769. The Kier molecular flexibility index (Phi) is 3.08. The molecule has 0 atom stereocenters. The van der Waals surface area contributed by atoms with Gasteiger partial charge in [-0.05, 0) is 45.8 Å². The topological polar surface area (TPSA) is 68.2 Å². The molecule has 1 aromatic carbocycles. The van der Waals surface area contributed by atoms with Crippen molar-refractivity contribution in [1.82, 2.24) is 14.6 Å². The lowest BCUT2D eigenvalue weighted by atomic mass is 10.2. The number of anilines is 2. The number of nitrogen functional groups attached to an aromatic ring is 1. The molecule has 96 valence electrons. The molecule has 5 nitrogen and oxygen atoms in total. The van der Waals surface area contributed by atoms with Crippen molar-refractivity contribution in [2.24, 2.45) is 0 Å². The molecule has 0 radical (unpaired) electrons. The van der Waals surface area contributed by atoms with E-state index in [2.05, 4.69) is 31.3 Å². The number of hydrogen-bond acceptors (Lipinski definition) is 4. The van der Waals surface area contributed by atoms with Crippen LogP contribution in [0.2, 0.25) is 0 Å². The van der Waals surface area contributed by atoms with Gasteiger partial charge in [0.15, 0.2) is 5.65 Å². The standard InChI is InChI=1S/C13H12BrN5/c14-11-2-1-7-19-12(11)17-13(18-19)16-8-9-3-5-10(15)6-4-9/h1-7H,8,15H2,(H,16,18). The van der Waals surface area contributed by atoms with Gasteiger partial charge in [0.2, 0.25) is 5.95 Å². The van der Waals surface area contributed by atoms with Crippen LogP contribution in [-0.2, 0) is 6.54 Å². The molecule has 0 aliphatic carbocycles. The first-order valence-electron chi connectivity index (χ1n) is 5.81. The van der Waals surface area contributed by atoms with Crippen molar-refractivity contribution in [3.8, 4) is 0 Å². The molecule has 0 unspecified atom stereocenters. The normalized spacial score (nSPS) is 10.8. The summed E-state index contributed by atoms with van der Waals surface area (Å²) in [5, 5.41) is 7.54. The Morgan fingerprint density at radius 1 is 1.21 bits per heavy atom. The summed E-state index contributed by atoms with van der Waals surface area (Å²) in [6, 6.07) is 11.6. The van der Waals surface area contributed by atoms with Crippen molar-refractivity contribution in [2.45, 2.75) is 6.54 Å². The zero-order chi connectivity index (χ0) is 13.2. The van der Waals surface area contributed by atoms with E-state index in [1.165, 1.54) is 0 Å². The highest BCUT2D eigenvalue weighted by atomic mass is 79.9. The Morgan fingerprint density at radius 3 is 2.74 bits per heavy atom. The quantitative estimate of drug-likeness (QED) is 0.729. The fourth-order valence-corrected chi connectivity index (χ4v) is 2.19. The molecule has 3 N–H and O–H groups in total. The maximum absolute atomic E-state index is 5.65. The maximum Gasteiger partial charge on any atom is 0.243 e. The van der Waals surface area contributed by atoms with Crippen LogP contribution in [-0.4, -0.2) is 14.6 Å². The van der Waals surface area contributed by atoms with E-state index in [0.717, 1.165) is 21.4 Å². The molecule has 6 heteroatoms. The number of fused-ring (bicyclic) bond motifs is 1.